The zero-order valence-electron chi connectivity index (χ0n) is 11.3. The molecule has 0 bridgehead atoms. The molecule has 0 aliphatic carbocycles. The normalized spacial score (nSPS) is 19.9. The summed E-state index contributed by atoms with van der Waals surface area (Å²) >= 11 is 6.25. The third kappa shape index (κ3) is 3.71. The van der Waals surface area contributed by atoms with Crippen molar-refractivity contribution in [2.24, 2.45) is 0 Å². The molecule has 0 amide bonds. The molecule has 18 heavy (non-hydrogen) atoms. The van der Waals surface area contributed by atoms with Crippen LogP contribution in [-0.4, -0.2) is 30.1 Å². The zero-order chi connectivity index (χ0) is 13.0. The van der Waals surface area contributed by atoms with Crippen LogP contribution in [0.5, 0.6) is 0 Å². The van der Waals surface area contributed by atoms with E-state index in [-0.39, 0.29) is 0 Å². The molecule has 1 aliphatic heterocycles. The Morgan fingerprint density at radius 1 is 1.39 bits per heavy atom. The summed E-state index contributed by atoms with van der Waals surface area (Å²) in [6.07, 6.45) is 2.61. The van der Waals surface area contributed by atoms with Gasteiger partial charge in [-0.15, -0.1) is 0 Å². The molecule has 1 N–H and O–H groups in total. The third-order valence-corrected chi connectivity index (χ3v) is 4.05. The summed E-state index contributed by atoms with van der Waals surface area (Å²) in [5.74, 6) is 0. The van der Waals surface area contributed by atoms with Crippen LogP contribution in [-0.2, 0) is 6.54 Å². The average molecular weight is 267 g/mol. The molecule has 1 aromatic rings. The number of nitrogens with one attached hydrogen (secondary N) is 1. The van der Waals surface area contributed by atoms with Gasteiger partial charge in [0, 0.05) is 30.2 Å². The molecule has 1 atom stereocenters. The molecular weight excluding hydrogens is 244 g/mol. The van der Waals surface area contributed by atoms with Gasteiger partial charge >= 0.3 is 0 Å². The second kappa shape index (κ2) is 6.55. The molecule has 1 aromatic carbocycles. The van der Waals surface area contributed by atoms with Crippen molar-refractivity contribution >= 4 is 11.6 Å². The summed E-state index contributed by atoms with van der Waals surface area (Å²) in [6.45, 7) is 7.73. The topological polar surface area (TPSA) is 15.3 Å². The van der Waals surface area contributed by atoms with E-state index in [1.54, 1.807) is 0 Å². The molecule has 2 nitrogen and oxygen atoms in total. The minimum absolute atomic E-state index is 0.545. The van der Waals surface area contributed by atoms with Crippen LogP contribution < -0.4 is 5.32 Å². The van der Waals surface area contributed by atoms with Gasteiger partial charge in [0.05, 0.1) is 0 Å². The Morgan fingerprint density at radius 2 is 2.17 bits per heavy atom. The second-order valence-corrected chi connectivity index (χ2v) is 5.82. The number of rotatable bonds is 5. The monoisotopic (exact) mass is 266 g/mol. The maximum Gasteiger partial charge on any atom is 0.0451 e. The molecule has 2 rings (SSSR count). The molecule has 0 radical (unpaired) electrons. The Balaban J connectivity index is 1.99. The summed E-state index contributed by atoms with van der Waals surface area (Å²) in [4.78, 5) is 2.50. The van der Waals surface area contributed by atoms with Crippen molar-refractivity contribution in [2.75, 3.05) is 13.1 Å². The Kier molecular flexibility index (Phi) is 5.04. The van der Waals surface area contributed by atoms with Crippen molar-refractivity contribution in [1.82, 2.24) is 10.2 Å². The summed E-state index contributed by atoms with van der Waals surface area (Å²) in [5, 5.41) is 4.45. The minimum atomic E-state index is 0.545. The number of nitrogens with zero attached hydrogens (tertiary/aromatic N) is 1. The fourth-order valence-corrected chi connectivity index (χ4v) is 2.69. The highest BCUT2D eigenvalue weighted by atomic mass is 35.5. The largest absolute Gasteiger partial charge is 0.313 e. The fourth-order valence-electron chi connectivity index (χ4n) is 2.50. The minimum Gasteiger partial charge on any atom is -0.313 e. The van der Waals surface area contributed by atoms with Crippen LogP contribution in [0.3, 0.4) is 0 Å². The van der Waals surface area contributed by atoms with Gasteiger partial charge in [-0.25, -0.2) is 0 Å². The van der Waals surface area contributed by atoms with Crippen molar-refractivity contribution < 1.29 is 0 Å². The van der Waals surface area contributed by atoms with Gasteiger partial charge in [-0.05, 0) is 44.9 Å². The van der Waals surface area contributed by atoms with Crippen molar-refractivity contribution in [2.45, 2.75) is 45.3 Å². The summed E-state index contributed by atoms with van der Waals surface area (Å²) in [5.41, 5.74) is 1.23. The Labute approximate surface area is 115 Å². The van der Waals surface area contributed by atoms with E-state index in [0.29, 0.717) is 12.1 Å². The maximum absolute atomic E-state index is 6.25. The molecule has 1 heterocycles. The van der Waals surface area contributed by atoms with Crippen LogP contribution in [0.2, 0.25) is 5.02 Å². The molecule has 0 spiro atoms. The molecular formula is C15H23ClN2. The lowest BCUT2D eigenvalue weighted by atomic mass is 10.1. The molecule has 1 saturated heterocycles. The van der Waals surface area contributed by atoms with Gasteiger partial charge in [0.15, 0.2) is 0 Å². The van der Waals surface area contributed by atoms with E-state index in [0.717, 1.165) is 18.1 Å². The van der Waals surface area contributed by atoms with Crippen LogP contribution in [0, 0.1) is 0 Å². The standard InChI is InChI=1S/C15H23ClN2/c1-12(2)18(11-14-7-5-9-17-14)10-13-6-3-4-8-15(13)16/h3-4,6,8,12,14,17H,5,7,9-11H2,1-2H3. The molecule has 1 unspecified atom stereocenters. The van der Waals surface area contributed by atoms with Gasteiger partial charge in [0.2, 0.25) is 0 Å². The van der Waals surface area contributed by atoms with E-state index in [1.165, 1.54) is 24.9 Å². The van der Waals surface area contributed by atoms with Crippen molar-refractivity contribution in [3.05, 3.63) is 34.9 Å². The number of hydrogen-bond acceptors (Lipinski definition) is 2. The summed E-state index contributed by atoms with van der Waals surface area (Å²) in [7, 11) is 0. The lowest BCUT2D eigenvalue weighted by molar-refractivity contribution is 0.194. The van der Waals surface area contributed by atoms with Crippen LogP contribution >= 0.6 is 11.6 Å². The van der Waals surface area contributed by atoms with E-state index in [9.17, 15) is 0 Å². The lowest BCUT2D eigenvalue weighted by Crippen LogP contribution is -2.40. The first-order valence-electron chi connectivity index (χ1n) is 6.87. The highest BCUT2D eigenvalue weighted by Crippen LogP contribution is 2.19. The smallest absolute Gasteiger partial charge is 0.0451 e. The molecule has 100 valence electrons. The van der Waals surface area contributed by atoms with Crippen LogP contribution in [0.4, 0.5) is 0 Å². The van der Waals surface area contributed by atoms with E-state index >= 15 is 0 Å². The highest BCUT2D eigenvalue weighted by molar-refractivity contribution is 6.31. The fraction of sp³-hybridized carbons (Fsp3) is 0.600. The van der Waals surface area contributed by atoms with E-state index < -0.39 is 0 Å². The number of hydrogen-bond donors (Lipinski definition) is 1. The summed E-state index contributed by atoms with van der Waals surface area (Å²) < 4.78 is 0. The Morgan fingerprint density at radius 3 is 2.78 bits per heavy atom. The van der Waals surface area contributed by atoms with Gasteiger partial charge in [-0.2, -0.15) is 0 Å². The van der Waals surface area contributed by atoms with Gasteiger partial charge in [0.25, 0.3) is 0 Å². The Hall–Kier alpha value is -0.570. The first-order chi connectivity index (χ1) is 8.66. The van der Waals surface area contributed by atoms with Crippen LogP contribution in [0.25, 0.3) is 0 Å². The predicted molar refractivity (Wildman–Crippen MR) is 78.0 cm³/mol. The highest BCUT2D eigenvalue weighted by Gasteiger charge is 2.20. The lowest BCUT2D eigenvalue weighted by Gasteiger charge is -2.29. The van der Waals surface area contributed by atoms with Gasteiger partial charge in [0.1, 0.15) is 0 Å². The molecule has 3 heteroatoms. The molecule has 1 aliphatic rings. The number of halogens is 1. The quantitative estimate of drug-likeness (QED) is 0.880. The van der Waals surface area contributed by atoms with Crippen LogP contribution in [0.1, 0.15) is 32.3 Å². The molecule has 0 aromatic heterocycles. The summed E-state index contributed by atoms with van der Waals surface area (Å²) in [6, 6.07) is 9.35. The van der Waals surface area contributed by atoms with Gasteiger partial charge in [-0.3, -0.25) is 4.90 Å². The van der Waals surface area contributed by atoms with E-state index in [4.69, 9.17) is 11.6 Å². The van der Waals surface area contributed by atoms with Crippen molar-refractivity contribution in [3.63, 3.8) is 0 Å². The predicted octanol–water partition coefficient (Wildman–Crippen LogP) is 3.30. The first kappa shape index (κ1) is 13.9. The van der Waals surface area contributed by atoms with E-state index in [2.05, 4.69) is 36.2 Å². The van der Waals surface area contributed by atoms with Gasteiger partial charge in [-0.1, -0.05) is 29.8 Å². The van der Waals surface area contributed by atoms with Crippen molar-refractivity contribution in [1.29, 1.82) is 0 Å². The molecule has 0 saturated carbocycles. The molecule has 1 fully saturated rings. The van der Waals surface area contributed by atoms with Gasteiger partial charge < -0.3 is 5.32 Å². The SMILES string of the molecule is CC(C)N(Cc1ccccc1Cl)CC1CCCN1. The third-order valence-electron chi connectivity index (χ3n) is 3.68. The second-order valence-electron chi connectivity index (χ2n) is 5.41. The first-order valence-corrected chi connectivity index (χ1v) is 7.25. The van der Waals surface area contributed by atoms with Crippen LogP contribution in [0.15, 0.2) is 24.3 Å². The number of benzene rings is 1. The maximum atomic E-state index is 6.25. The average Bonchev–Trinajstić information content (AvgIpc) is 2.83. The van der Waals surface area contributed by atoms with E-state index in [1.807, 2.05) is 12.1 Å². The van der Waals surface area contributed by atoms with Crippen molar-refractivity contribution in [3.8, 4) is 0 Å². The zero-order valence-corrected chi connectivity index (χ0v) is 12.1. The Bertz CT molecular complexity index is 373.